The van der Waals surface area contributed by atoms with Crippen LogP contribution in [0.4, 0.5) is 18.0 Å². The zero-order valence-corrected chi connectivity index (χ0v) is 4.18. The van der Waals surface area contributed by atoms with E-state index in [0.29, 0.717) is 0 Å². The fourth-order valence-electron chi connectivity index (χ4n) is 0.162. The molecule has 1 amide bonds. The number of amides is 1. The van der Waals surface area contributed by atoms with Crippen LogP contribution in [0.25, 0.3) is 0 Å². The van der Waals surface area contributed by atoms with Gasteiger partial charge in [-0.1, -0.05) is 0 Å². The zero-order chi connectivity index (χ0) is 7.44. The largest absolute Gasteiger partial charge is 0.409 e. The minimum Gasteiger partial charge on any atom is -0.409 e. The number of primary amides is 1. The molecule has 0 aliphatic carbocycles. The maximum atomic E-state index is 11.5. The molecule has 0 radical (unpaired) electrons. The van der Waals surface area contributed by atoms with Gasteiger partial charge in [0.15, 0.2) is 0 Å². The Kier molecular flexibility index (Phi) is 2.83. The second kappa shape index (κ2) is 3.16. The molecule has 54 valence electrons. The van der Waals surface area contributed by atoms with Gasteiger partial charge >= 0.3 is 18.9 Å². The number of hydrogen-bond donors (Lipinski definition) is 1. The molecule has 0 aromatic carbocycles. The van der Waals surface area contributed by atoms with Crippen molar-refractivity contribution in [2.24, 2.45) is 5.73 Å². The van der Waals surface area contributed by atoms with E-state index in [1.807, 2.05) is 0 Å². The first-order valence-electron chi connectivity index (χ1n) is 1.92. The van der Waals surface area contributed by atoms with E-state index in [1.165, 1.54) is 0 Å². The fraction of sp³-hybridized carbons (Fsp3) is 0.667. The smallest absolute Gasteiger partial charge is 0.407 e. The minimum absolute atomic E-state index is 1.55. The lowest BCUT2D eigenvalue weighted by Crippen LogP contribution is -2.24. The lowest BCUT2D eigenvalue weighted by Gasteiger charge is -2.04. The molecule has 0 aliphatic rings. The molecule has 6 heteroatoms. The van der Waals surface area contributed by atoms with Gasteiger partial charge in [0.25, 0.3) is 0 Å². The van der Waals surface area contributed by atoms with Crippen molar-refractivity contribution in [3.63, 3.8) is 0 Å². The lowest BCUT2D eigenvalue weighted by atomic mass is 10.7. The van der Waals surface area contributed by atoms with Crippen LogP contribution in [-0.4, -0.2) is 18.9 Å². The summed E-state index contributed by atoms with van der Waals surface area (Å²) in [6.07, 6.45) is -7.80. The minimum atomic E-state index is -3.34. The Morgan fingerprint density at radius 3 is 2.00 bits per heavy atom. The summed E-state index contributed by atoms with van der Waals surface area (Å²) in [7, 11) is 0. The molecule has 0 saturated carbocycles. The second-order valence-electron chi connectivity index (χ2n) is 1.12. The molecular weight excluding hydrogens is 139 g/mol. The van der Waals surface area contributed by atoms with E-state index in [9.17, 15) is 18.0 Å². The Morgan fingerprint density at radius 2 is 1.89 bits per heavy atom. The van der Waals surface area contributed by atoms with Crippen molar-refractivity contribution in [2.45, 2.75) is 12.8 Å². The van der Waals surface area contributed by atoms with Crippen molar-refractivity contribution in [1.82, 2.24) is 0 Å². The Bertz CT molecular complexity index is 107. The second-order valence-corrected chi connectivity index (χ2v) is 1.12. The van der Waals surface area contributed by atoms with Crippen LogP contribution < -0.4 is 5.73 Å². The normalized spacial score (nSPS) is 13.3. The molecule has 0 aliphatic heterocycles. The summed E-state index contributed by atoms with van der Waals surface area (Å²) in [5.41, 5.74) is 4.20. The average Bonchev–Trinajstić information content (AvgIpc) is 1.63. The quantitative estimate of drug-likeness (QED) is 0.616. The van der Waals surface area contributed by atoms with Crippen LogP contribution in [0.1, 0.15) is 0 Å². The van der Waals surface area contributed by atoms with Gasteiger partial charge in [0.1, 0.15) is 0 Å². The zero-order valence-electron chi connectivity index (χ0n) is 4.18. The predicted molar refractivity (Wildman–Crippen MR) is 21.6 cm³/mol. The van der Waals surface area contributed by atoms with Gasteiger partial charge in [-0.2, -0.15) is 4.39 Å². The van der Waals surface area contributed by atoms with Crippen LogP contribution in [0.2, 0.25) is 0 Å². The highest BCUT2D eigenvalue weighted by Gasteiger charge is 2.21. The van der Waals surface area contributed by atoms with Crippen molar-refractivity contribution in [2.75, 3.05) is 0 Å². The van der Waals surface area contributed by atoms with Crippen LogP contribution in [0.3, 0.4) is 0 Å². The first kappa shape index (κ1) is 8.06. The van der Waals surface area contributed by atoms with Gasteiger partial charge in [0.2, 0.25) is 0 Å². The summed E-state index contributed by atoms with van der Waals surface area (Å²) >= 11 is 0. The number of halogens is 3. The van der Waals surface area contributed by atoms with Crippen LogP contribution in [0, 0.1) is 0 Å². The molecule has 1 unspecified atom stereocenters. The fourth-order valence-corrected chi connectivity index (χ4v) is 0.162. The van der Waals surface area contributed by atoms with Gasteiger partial charge in [-0.25, -0.2) is 13.6 Å². The summed E-state index contributed by atoms with van der Waals surface area (Å²) < 4.78 is 36.9. The summed E-state index contributed by atoms with van der Waals surface area (Å²) in [4.78, 5) is 9.54. The summed E-state index contributed by atoms with van der Waals surface area (Å²) in [6.45, 7) is 0. The number of nitrogens with two attached hydrogens (primary N) is 1. The third-order valence-corrected chi connectivity index (χ3v) is 0.427. The monoisotopic (exact) mass is 143 g/mol. The van der Waals surface area contributed by atoms with E-state index in [0.717, 1.165) is 0 Å². The van der Waals surface area contributed by atoms with E-state index in [-0.39, 0.29) is 0 Å². The SMILES string of the molecule is NC(=O)OC(F)C(F)F. The molecule has 3 nitrogen and oxygen atoms in total. The predicted octanol–water partition coefficient (Wildman–Crippen LogP) is 0.642. The van der Waals surface area contributed by atoms with Crippen LogP contribution >= 0.6 is 0 Å². The first-order chi connectivity index (χ1) is 4.04. The summed E-state index contributed by atoms with van der Waals surface area (Å²) in [5, 5.41) is 0. The standard InChI is InChI=1S/C3H4F3NO2/c4-1(5)2(6)9-3(7)8/h1-2H,(H2,7,8). The topological polar surface area (TPSA) is 52.3 Å². The molecule has 2 N–H and O–H groups in total. The van der Waals surface area contributed by atoms with Crippen molar-refractivity contribution < 1.29 is 22.7 Å². The number of rotatable bonds is 2. The van der Waals surface area contributed by atoms with E-state index >= 15 is 0 Å². The van der Waals surface area contributed by atoms with Gasteiger partial charge in [-0.15, -0.1) is 0 Å². The lowest BCUT2D eigenvalue weighted by molar-refractivity contribution is -0.0879. The number of hydrogen-bond acceptors (Lipinski definition) is 2. The van der Waals surface area contributed by atoms with Crippen LogP contribution in [0.5, 0.6) is 0 Å². The first-order valence-corrected chi connectivity index (χ1v) is 1.92. The van der Waals surface area contributed by atoms with Gasteiger partial charge in [-0.05, 0) is 0 Å². The molecule has 0 bridgehead atoms. The third-order valence-electron chi connectivity index (χ3n) is 0.427. The summed E-state index contributed by atoms with van der Waals surface area (Å²) in [5.74, 6) is 0. The van der Waals surface area contributed by atoms with Crippen molar-refractivity contribution in [3.05, 3.63) is 0 Å². The van der Waals surface area contributed by atoms with Gasteiger partial charge in [0.05, 0.1) is 0 Å². The molecular formula is C3H4F3NO2. The number of alkyl halides is 3. The maximum absolute atomic E-state index is 11.5. The average molecular weight is 143 g/mol. The summed E-state index contributed by atoms with van der Waals surface area (Å²) in [6, 6.07) is 0. The molecule has 0 saturated heterocycles. The van der Waals surface area contributed by atoms with E-state index in [4.69, 9.17) is 0 Å². The molecule has 1 atom stereocenters. The van der Waals surface area contributed by atoms with E-state index < -0.39 is 18.9 Å². The van der Waals surface area contributed by atoms with Gasteiger partial charge < -0.3 is 10.5 Å². The number of carbonyl (C=O) groups is 1. The number of carbonyl (C=O) groups excluding carboxylic acids is 1. The molecule has 0 aromatic heterocycles. The molecule has 0 aromatic rings. The third kappa shape index (κ3) is 3.63. The maximum Gasteiger partial charge on any atom is 0.407 e. The molecule has 0 fully saturated rings. The molecule has 0 heterocycles. The van der Waals surface area contributed by atoms with E-state index in [1.54, 1.807) is 0 Å². The molecule has 0 rings (SSSR count). The van der Waals surface area contributed by atoms with Crippen molar-refractivity contribution in [1.29, 1.82) is 0 Å². The highest BCUT2D eigenvalue weighted by atomic mass is 19.3. The molecule has 0 spiro atoms. The van der Waals surface area contributed by atoms with Gasteiger partial charge in [0, 0.05) is 0 Å². The Hall–Kier alpha value is -0.940. The molecule has 9 heavy (non-hydrogen) atoms. The van der Waals surface area contributed by atoms with Crippen LogP contribution in [-0.2, 0) is 4.74 Å². The Morgan fingerprint density at radius 1 is 1.44 bits per heavy atom. The van der Waals surface area contributed by atoms with Gasteiger partial charge in [-0.3, -0.25) is 0 Å². The van der Waals surface area contributed by atoms with E-state index in [2.05, 4.69) is 10.5 Å². The Labute approximate surface area is 48.6 Å². The van der Waals surface area contributed by atoms with Crippen LogP contribution in [0.15, 0.2) is 0 Å². The van der Waals surface area contributed by atoms with Crippen molar-refractivity contribution >= 4 is 6.09 Å². The highest BCUT2D eigenvalue weighted by Crippen LogP contribution is 2.05. The number of ether oxygens (including phenoxy) is 1. The highest BCUT2D eigenvalue weighted by molar-refractivity contribution is 5.64. The Balaban J connectivity index is 3.50. The van der Waals surface area contributed by atoms with Crippen molar-refractivity contribution in [3.8, 4) is 0 Å².